The van der Waals surface area contributed by atoms with Gasteiger partial charge in [0.2, 0.25) is 0 Å². The summed E-state index contributed by atoms with van der Waals surface area (Å²) in [5.74, 6) is -1.05. The van der Waals surface area contributed by atoms with E-state index in [2.05, 4.69) is 22.0 Å². The topological polar surface area (TPSA) is 54.4 Å². The van der Waals surface area contributed by atoms with Gasteiger partial charge in [-0.15, -0.1) is 0 Å². The molecular weight excluding hydrogens is 320 g/mol. The highest BCUT2D eigenvalue weighted by Crippen LogP contribution is 2.41. The first-order valence-corrected chi connectivity index (χ1v) is 7.70. The van der Waals surface area contributed by atoms with E-state index in [9.17, 15) is 14.7 Å². The van der Waals surface area contributed by atoms with Crippen molar-refractivity contribution in [2.24, 2.45) is 11.8 Å². The van der Waals surface area contributed by atoms with E-state index >= 15 is 0 Å². The van der Waals surface area contributed by atoms with Crippen molar-refractivity contribution in [2.75, 3.05) is 0 Å². The fraction of sp³-hybridized carbons (Fsp3) is 0.500. The van der Waals surface area contributed by atoms with E-state index in [0.717, 1.165) is 16.5 Å². The molecule has 1 aliphatic carbocycles. The maximum absolute atomic E-state index is 11.6. The lowest BCUT2D eigenvalue weighted by atomic mass is 9.77. The number of hydrogen-bond donors (Lipinski definition) is 1. The minimum Gasteiger partial charge on any atom is -0.481 e. The molecule has 0 fully saturated rings. The summed E-state index contributed by atoms with van der Waals surface area (Å²) in [6.45, 7) is 3.54. The van der Waals surface area contributed by atoms with E-state index in [1.807, 2.05) is 19.1 Å². The molecule has 3 atom stereocenters. The molecule has 20 heavy (non-hydrogen) atoms. The Bertz CT molecular complexity index is 539. The standard InChI is InChI=1S/C16H19BrO3/c1-9(18)7-15-10(2)13(16(19)20)5-3-11-8-12(17)4-6-14(11)15/h4,6,8,10,13,15H,3,5,7H2,1-2H3,(H,19,20). The second-order valence-electron chi connectivity index (χ2n) is 5.70. The van der Waals surface area contributed by atoms with E-state index in [0.29, 0.717) is 12.8 Å². The van der Waals surface area contributed by atoms with Crippen LogP contribution >= 0.6 is 15.9 Å². The quantitative estimate of drug-likeness (QED) is 0.853. The van der Waals surface area contributed by atoms with Crippen LogP contribution in [0, 0.1) is 11.8 Å². The molecule has 0 saturated carbocycles. The average molecular weight is 339 g/mol. The third-order valence-corrected chi connectivity index (χ3v) is 4.82. The van der Waals surface area contributed by atoms with Gasteiger partial charge in [-0.2, -0.15) is 0 Å². The first-order chi connectivity index (χ1) is 9.40. The van der Waals surface area contributed by atoms with Gasteiger partial charge in [-0.25, -0.2) is 0 Å². The summed E-state index contributed by atoms with van der Waals surface area (Å²) < 4.78 is 0.999. The Morgan fingerprint density at radius 3 is 2.70 bits per heavy atom. The lowest BCUT2D eigenvalue weighted by Gasteiger charge is -2.26. The molecule has 0 saturated heterocycles. The molecule has 0 aromatic heterocycles. The van der Waals surface area contributed by atoms with E-state index in [4.69, 9.17) is 0 Å². The number of ketones is 1. The molecule has 0 amide bonds. The molecule has 1 N–H and O–H groups in total. The van der Waals surface area contributed by atoms with Crippen LogP contribution in [0.25, 0.3) is 0 Å². The largest absolute Gasteiger partial charge is 0.481 e. The Morgan fingerprint density at radius 1 is 1.40 bits per heavy atom. The molecule has 0 heterocycles. The molecule has 3 unspecified atom stereocenters. The van der Waals surface area contributed by atoms with Crippen molar-refractivity contribution in [3.05, 3.63) is 33.8 Å². The summed E-state index contributed by atoms with van der Waals surface area (Å²) in [6, 6.07) is 6.06. The molecular formula is C16H19BrO3. The number of carboxylic acids is 1. The first-order valence-electron chi connectivity index (χ1n) is 6.90. The first kappa shape index (κ1) is 15.2. The van der Waals surface area contributed by atoms with Crippen LogP contribution in [0.1, 0.15) is 43.7 Å². The maximum atomic E-state index is 11.6. The number of carboxylic acid groups (broad SMARTS) is 1. The number of Topliss-reactive ketones (excluding diaryl/α,β-unsaturated/α-hetero) is 1. The van der Waals surface area contributed by atoms with E-state index in [1.54, 1.807) is 6.92 Å². The number of carbonyl (C=O) groups excluding carboxylic acids is 1. The van der Waals surface area contributed by atoms with Crippen molar-refractivity contribution in [3.8, 4) is 0 Å². The Kier molecular flexibility index (Phi) is 4.63. The molecule has 4 heteroatoms. The van der Waals surface area contributed by atoms with Crippen molar-refractivity contribution in [1.29, 1.82) is 0 Å². The zero-order valence-electron chi connectivity index (χ0n) is 11.7. The summed E-state index contributed by atoms with van der Waals surface area (Å²) in [5, 5.41) is 9.42. The zero-order chi connectivity index (χ0) is 14.9. The van der Waals surface area contributed by atoms with Crippen LogP contribution in [0.5, 0.6) is 0 Å². The lowest BCUT2D eigenvalue weighted by molar-refractivity contribution is -0.144. The van der Waals surface area contributed by atoms with Crippen LogP contribution in [0.3, 0.4) is 0 Å². The van der Waals surface area contributed by atoms with Crippen molar-refractivity contribution < 1.29 is 14.7 Å². The molecule has 2 rings (SSSR count). The van der Waals surface area contributed by atoms with Crippen molar-refractivity contribution in [1.82, 2.24) is 0 Å². The number of halogens is 1. The van der Waals surface area contributed by atoms with E-state index < -0.39 is 5.97 Å². The number of benzene rings is 1. The Balaban J connectivity index is 2.46. The van der Waals surface area contributed by atoms with Crippen LogP contribution in [0.2, 0.25) is 0 Å². The monoisotopic (exact) mass is 338 g/mol. The van der Waals surface area contributed by atoms with Crippen LogP contribution in [-0.2, 0) is 16.0 Å². The fourth-order valence-corrected chi connectivity index (χ4v) is 3.65. The summed E-state index contributed by atoms with van der Waals surface area (Å²) in [6.07, 6.45) is 1.80. The van der Waals surface area contributed by atoms with Gasteiger partial charge < -0.3 is 9.90 Å². The SMILES string of the molecule is CC(=O)CC1c2ccc(Br)cc2CCC(C(=O)O)C1C. The van der Waals surface area contributed by atoms with Crippen molar-refractivity contribution >= 4 is 27.7 Å². The van der Waals surface area contributed by atoms with Gasteiger partial charge in [0.1, 0.15) is 5.78 Å². The molecule has 3 nitrogen and oxygen atoms in total. The number of carbonyl (C=O) groups is 2. The molecule has 1 aromatic rings. The van der Waals surface area contributed by atoms with Gasteiger partial charge in [0.05, 0.1) is 5.92 Å². The Labute approximate surface area is 127 Å². The molecule has 1 aliphatic rings. The van der Waals surface area contributed by atoms with Crippen LogP contribution in [0.15, 0.2) is 22.7 Å². The predicted molar refractivity (Wildman–Crippen MR) is 80.8 cm³/mol. The fourth-order valence-electron chi connectivity index (χ4n) is 3.24. The highest BCUT2D eigenvalue weighted by molar-refractivity contribution is 9.10. The molecule has 0 radical (unpaired) electrons. The summed E-state index contributed by atoms with van der Waals surface area (Å²) >= 11 is 3.46. The lowest BCUT2D eigenvalue weighted by Crippen LogP contribution is -2.26. The van der Waals surface area contributed by atoms with Gasteiger partial charge in [0, 0.05) is 10.9 Å². The second-order valence-corrected chi connectivity index (χ2v) is 6.61. The van der Waals surface area contributed by atoms with Gasteiger partial charge in [-0.1, -0.05) is 28.9 Å². The van der Waals surface area contributed by atoms with Gasteiger partial charge in [-0.05, 0) is 54.9 Å². The van der Waals surface area contributed by atoms with Gasteiger partial charge in [-0.3, -0.25) is 4.79 Å². The van der Waals surface area contributed by atoms with Gasteiger partial charge >= 0.3 is 5.97 Å². The number of fused-ring (bicyclic) bond motifs is 1. The number of rotatable bonds is 3. The maximum Gasteiger partial charge on any atom is 0.306 e. The highest BCUT2D eigenvalue weighted by Gasteiger charge is 2.35. The Morgan fingerprint density at radius 2 is 2.10 bits per heavy atom. The Hall–Kier alpha value is -1.16. The normalized spacial score (nSPS) is 25.6. The minimum atomic E-state index is -0.752. The minimum absolute atomic E-state index is 0.000741. The van der Waals surface area contributed by atoms with Gasteiger partial charge in [0.25, 0.3) is 0 Å². The van der Waals surface area contributed by atoms with Crippen LogP contribution in [-0.4, -0.2) is 16.9 Å². The third kappa shape index (κ3) is 3.11. The number of aryl methyl sites for hydroxylation is 1. The number of aliphatic carboxylic acids is 1. The summed E-state index contributed by atoms with van der Waals surface area (Å²) in [4.78, 5) is 23.0. The zero-order valence-corrected chi connectivity index (χ0v) is 13.3. The highest BCUT2D eigenvalue weighted by atomic mass is 79.9. The van der Waals surface area contributed by atoms with Crippen LogP contribution < -0.4 is 0 Å². The molecule has 0 bridgehead atoms. The van der Waals surface area contributed by atoms with E-state index in [-0.39, 0.29) is 23.5 Å². The molecule has 108 valence electrons. The predicted octanol–water partition coefficient (Wildman–Crippen LogP) is 3.79. The van der Waals surface area contributed by atoms with Gasteiger partial charge in [0.15, 0.2) is 0 Å². The third-order valence-electron chi connectivity index (χ3n) is 4.32. The molecule has 0 aliphatic heterocycles. The summed E-state index contributed by atoms with van der Waals surface area (Å²) in [7, 11) is 0. The van der Waals surface area contributed by atoms with Crippen molar-refractivity contribution in [2.45, 2.75) is 39.0 Å². The van der Waals surface area contributed by atoms with Crippen molar-refractivity contribution in [3.63, 3.8) is 0 Å². The van der Waals surface area contributed by atoms with E-state index in [1.165, 1.54) is 5.56 Å². The smallest absolute Gasteiger partial charge is 0.306 e. The molecule has 1 aromatic carbocycles. The summed E-state index contributed by atoms with van der Waals surface area (Å²) in [5.41, 5.74) is 2.31. The average Bonchev–Trinajstić information content (AvgIpc) is 2.47. The number of hydrogen-bond acceptors (Lipinski definition) is 2. The van der Waals surface area contributed by atoms with Crippen LogP contribution in [0.4, 0.5) is 0 Å². The molecule has 0 spiro atoms. The second kappa shape index (κ2) is 6.08.